The Morgan fingerprint density at radius 1 is 1.23 bits per heavy atom. The van der Waals surface area contributed by atoms with Gasteiger partial charge in [0.05, 0.1) is 17.1 Å². The van der Waals surface area contributed by atoms with Crippen LogP contribution in [0.5, 0.6) is 0 Å². The summed E-state index contributed by atoms with van der Waals surface area (Å²) in [4.78, 5) is 30.0. The maximum atomic E-state index is 15.8. The molecule has 3 aliphatic heterocycles. The second-order valence-corrected chi connectivity index (χ2v) is 13.1. The number of hydrogen-bond donors (Lipinski definition) is 3. The second-order valence-electron chi connectivity index (χ2n) is 12.3. The van der Waals surface area contributed by atoms with Crippen LogP contribution in [0.3, 0.4) is 0 Å². The van der Waals surface area contributed by atoms with E-state index in [0.717, 1.165) is 0 Å². The average Bonchev–Trinajstić information content (AvgIpc) is 3.31. The van der Waals surface area contributed by atoms with Crippen molar-refractivity contribution in [3.63, 3.8) is 0 Å². The van der Waals surface area contributed by atoms with E-state index in [0.29, 0.717) is 35.7 Å². The Morgan fingerprint density at radius 2 is 1.97 bits per heavy atom. The van der Waals surface area contributed by atoms with Gasteiger partial charge < -0.3 is 20.9 Å². The maximum Gasteiger partial charge on any atom is 0.238 e. The Kier molecular flexibility index (Phi) is 7.46. The first-order chi connectivity index (χ1) is 18.3. The van der Waals surface area contributed by atoms with E-state index in [4.69, 9.17) is 23.2 Å². The van der Waals surface area contributed by atoms with Crippen LogP contribution < -0.4 is 16.0 Å². The van der Waals surface area contributed by atoms with Crippen LogP contribution in [0.4, 0.5) is 14.5 Å². The number of hydrogen-bond acceptors (Lipinski definition) is 4. The molecule has 0 aromatic heterocycles. The summed E-state index contributed by atoms with van der Waals surface area (Å²) >= 11 is 12.5. The van der Waals surface area contributed by atoms with Crippen LogP contribution in [0.15, 0.2) is 36.4 Å². The fraction of sp³-hybridized carbons (Fsp3) is 0.517. The van der Waals surface area contributed by atoms with Gasteiger partial charge in [0.1, 0.15) is 17.4 Å². The van der Waals surface area contributed by atoms with Gasteiger partial charge in [0.2, 0.25) is 11.8 Å². The van der Waals surface area contributed by atoms with Crippen LogP contribution in [0.25, 0.3) is 0 Å². The number of fused-ring (bicyclic) bond motifs is 2. The molecule has 3 aliphatic rings. The highest BCUT2D eigenvalue weighted by Crippen LogP contribution is 2.57. The van der Waals surface area contributed by atoms with Crippen molar-refractivity contribution in [2.24, 2.45) is 5.41 Å². The number of likely N-dealkylation sites (tertiary alicyclic amines) is 1. The lowest BCUT2D eigenvalue weighted by atomic mass is 9.62. The Balaban J connectivity index is 1.67. The van der Waals surface area contributed by atoms with Gasteiger partial charge in [0.25, 0.3) is 0 Å². The molecule has 5 rings (SSSR count). The molecule has 6 nitrogen and oxygen atoms in total. The van der Waals surface area contributed by atoms with Crippen molar-refractivity contribution >= 4 is 40.7 Å². The minimum Gasteiger partial charge on any atom is -0.349 e. The minimum atomic E-state index is -1.34. The third-order valence-corrected chi connectivity index (χ3v) is 8.82. The topological polar surface area (TPSA) is 73.5 Å². The van der Waals surface area contributed by atoms with E-state index in [2.05, 4.69) is 16.0 Å². The van der Waals surface area contributed by atoms with Gasteiger partial charge in [-0.05, 0) is 54.6 Å². The van der Waals surface area contributed by atoms with E-state index in [1.807, 2.05) is 32.7 Å². The molecule has 1 spiro atoms. The SMILES string of the molecule is CN1CCC(NC(=O)[C@@H]2N[C@H](CC(C)(C)C)[C@]3(C(=O)Nc4cc(Cl)ccc43)[C@H]2c2cccc(Cl)c2F)[C@@H](F)C1. The van der Waals surface area contributed by atoms with Crippen LogP contribution >= 0.6 is 23.2 Å². The van der Waals surface area contributed by atoms with Gasteiger partial charge in [-0.15, -0.1) is 0 Å². The third kappa shape index (κ3) is 4.94. The predicted octanol–water partition coefficient (Wildman–Crippen LogP) is 5.04. The molecule has 39 heavy (non-hydrogen) atoms. The molecule has 2 saturated heterocycles. The third-order valence-electron chi connectivity index (χ3n) is 8.29. The van der Waals surface area contributed by atoms with Crippen molar-refractivity contribution in [2.45, 2.75) is 69.2 Å². The largest absolute Gasteiger partial charge is 0.349 e. The highest BCUT2D eigenvalue weighted by molar-refractivity contribution is 6.31. The summed E-state index contributed by atoms with van der Waals surface area (Å²) < 4.78 is 30.8. The Labute approximate surface area is 237 Å². The standard InChI is InChI=1S/C29H34Cl2F2N4O2/c1-28(2,3)13-22-29(17-9-8-15(30)12-21(17)35-27(29)39)23(16-6-5-7-18(31)24(16)33)25(36-22)26(38)34-20-10-11-37(4)14-19(20)32/h5-9,12,19-20,22-23,25,36H,10-11,13-14H2,1-4H3,(H,34,38)(H,35,39)/t19-,20?,22+,23-,25+,29-/m0/s1. The summed E-state index contributed by atoms with van der Waals surface area (Å²) in [5.74, 6) is -2.46. The lowest BCUT2D eigenvalue weighted by molar-refractivity contribution is -0.125. The van der Waals surface area contributed by atoms with Crippen molar-refractivity contribution in [1.82, 2.24) is 15.5 Å². The molecular formula is C29H34Cl2F2N4O2. The maximum absolute atomic E-state index is 15.8. The number of piperidine rings is 1. The summed E-state index contributed by atoms with van der Waals surface area (Å²) in [5, 5.41) is 9.62. The number of benzene rings is 2. The molecule has 2 aromatic rings. The van der Waals surface area contributed by atoms with Crippen molar-refractivity contribution in [1.29, 1.82) is 0 Å². The van der Waals surface area contributed by atoms with Crippen LogP contribution in [-0.4, -0.2) is 61.1 Å². The molecule has 6 atom stereocenters. The number of alkyl halides is 1. The number of amides is 2. The van der Waals surface area contributed by atoms with Gasteiger partial charge in [0.15, 0.2) is 0 Å². The quantitative estimate of drug-likeness (QED) is 0.475. The number of rotatable bonds is 4. The average molecular weight is 580 g/mol. The summed E-state index contributed by atoms with van der Waals surface area (Å²) in [5.41, 5.74) is -0.268. The van der Waals surface area contributed by atoms with Crippen LogP contribution in [-0.2, 0) is 15.0 Å². The molecular weight excluding hydrogens is 545 g/mol. The highest BCUT2D eigenvalue weighted by Gasteiger charge is 2.66. The molecule has 3 heterocycles. The molecule has 0 bridgehead atoms. The summed E-state index contributed by atoms with van der Waals surface area (Å²) in [6.45, 7) is 7.00. The number of carbonyl (C=O) groups excluding carboxylic acids is 2. The van der Waals surface area contributed by atoms with Crippen LogP contribution in [0.2, 0.25) is 10.0 Å². The monoisotopic (exact) mass is 578 g/mol. The first kappa shape index (κ1) is 28.3. The fourth-order valence-electron chi connectivity index (χ4n) is 6.64. The van der Waals surface area contributed by atoms with Crippen molar-refractivity contribution in [3.05, 3.63) is 63.4 Å². The molecule has 3 N–H and O–H groups in total. The Hall–Kier alpha value is -2.26. The van der Waals surface area contributed by atoms with E-state index in [1.165, 1.54) is 6.07 Å². The normalized spacial score (nSPS) is 30.9. The zero-order chi connectivity index (χ0) is 28.3. The summed E-state index contributed by atoms with van der Waals surface area (Å²) in [6.07, 6.45) is -0.289. The fourth-order valence-corrected chi connectivity index (χ4v) is 7.00. The molecule has 1 unspecified atom stereocenters. The first-order valence-corrected chi connectivity index (χ1v) is 14.0. The molecule has 0 aliphatic carbocycles. The van der Waals surface area contributed by atoms with E-state index in [1.54, 1.807) is 30.3 Å². The van der Waals surface area contributed by atoms with Crippen LogP contribution in [0.1, 0.15) is 50.7 Å². The summed E-state index contributed by atoms with van der Waals surface area (Å²) in [7, 11) is 1.84. The summed E-state index contributed by atoms with van der Waals surface area (Å²) in [6, 6.07) is 7.52. The van der Waals surface area contributed by atoms with Gasteiger partial charge in [-0.25, -0.2) is 8.78 Å². The van der Waals surface area contributed by atoms with E-state index in [9.17, 15) is 14.0 Å². The molecule has 10 heteroatoms. The lowest BCUT2D eigenvalue weighted by Gasteiger charge is -2.38. The molecule has 0 saturated carbocycles. The second kappa shape index (κ2) is 10.3. The van der Waals surface area contributed by atoms with Crippen molar-refractivity contribution in [2.75, 3.05) is 25.5 Å². The predicted molar refractivity (Wildman–Crippen MR) is 150 cm³/mol. The molecule has 2 fully saturated rings. The first-order valence-electron chi connectivity index (χ1n) is 13.3. The number of nitrogens with zero attached hydrogens (tertiary/aromatic N) is 1. The Morgan fingerprint density at radius 3 is 2.67 bits per heavy atom. The minimum absolute atomic E-state index is 0.102. The highest BCUT2D eigenvalue weighted by atomic mass is 35.5. The number of nitrogens with one attached hydrogen (secondary N) is 3. The molecule has 210 valence electrons. The van der Waals surface area contributed by atoms with Crippen molar-refractivity contribution in [3.8, 4) is 0 Å². The van der Waals surface area contributed by atoms with Gasteiger partial charge in [-0.2, -0.15) is 0 Å². The zero-order valence-electron chi connectivity index (χ0n) is 22.5. The molecule has 2 amide bonds. The van der Waals surface area contributed by atoms with Gasteiger partial charge in [-0.1, -0.05) is 62.2 Å². The number of carbonyl (C=O) groups is 2. The number of anilines is 1. The van der Waals surface area contributed by atoms with Gasteiger partial charge in [-0.3, -0.25) is 9.59 Å². The molecule has 0 radical (unpaired) electrons. The van der Waals surface area contributed by atoms with E-state index < -0.39 is 47.4 Å². The lowest BCUT2D eigenvalue weighted by Crippen LogP contribution is -2.55. The van der Waals surface area contributed by atoms with Gasteiger partial charge in [0, 0.05) is 35.8 Å². The molecule has 2 aromatic carbocycles. The number of halogens is 4. The van der Waals surface area contributed by atoms with Gasteiger partial charge >= 0.3 is 0 Å². The van der Waals surface area contributed by atoms with E-state index in [-0.39, 0.29) is 28.5 Å². The van der Waals surface area contributed by atoms with Crippen molar-refractivity contribution < 1.29 is 18.4 Å². The zero-order valence-corrected chi connectivity index (χ0v) is 24.0. The van der Waals surface area contributed by atoms with E-state index >= 15 is 4.39 Å². The smallest absolute Gasteiger partial charge is 0.238 e. The Bertz CT molecular complexity index is 1300. The van der Waals surface area contributed by atoms with Crippen LogP contribution in [0, 0.1) is 11.2 Å².